The predicted octanol–water partition coefficient (Wildman–Crippen LogP) is 3.44. The number of nitrogens with zero attached hydrogens (tertiary/aromatic N) is 2. The first-order valence-corrected chi connectivity index (χ1v) is 6.72. The Morgan fingerprint density at radius 3 is 2.90 bits per heavy atom. The van der Waals surface area contributed by atoms with Gasteiger partial charge in [0.05, 0.1) is 7.11 Å². The van der Waals surface area contributed by atoms with Crippen LogP contribution in [0.5, 0.6) is 5.75 Å². The van der Waals surface area contributed by atoms with Crippen LogP contribution in [0.1, 0.15) is 20.3 Å². The highest BCUT2D eigenvalue weighted by Gasteiger charge is 2.03. The lowest BCUT2D eigenvalue weighted by molar-refractivity contribution is 0.415. The highest BCUT2D eigenvalue weighted by molar-refractivity contribution is 5.56. The summed E-state index contributed by atoms with van der Waals surface area (Å²) in [5.41, 5.74) is 0.894. The number of nitrogens with one attached hydrogen (secondary N) is 2. The van der Waals surface area contributed by atoms with Crippen LogP contribution in [0.2, 0.25) is 0 Å². The third-order valence-electron chi connectivity index (χ3n) is 2.99. The molecule has 0 fully saturated rings. The molecule has 1 aromatic heterocycles. The number of anilines is 3. The van der Waals surface area contributed by atoms with Crippen LogP contribution in [0.3, 0.4) is 0 Å². The van der Waals surface area contributed by atoms with E-state index in [9.17, 15) is 0 Å². The standard InChI is InChI=1S/C15H20N4O/c1-4-11(2)17-14-8-9-16-15(19-14)18-12-6-5-7-13(10-12)20-3/h5-11H,4H2,1-3H3,(H2,16,17,18,19). The Morgan fingerprint density at radius 1 is 1.30 bits per heavy atom. The Balaban J connectivity index is 2.10. The SMILES string of the molecule is CCC(C)Nc1ccnc(Nc2cccc(OC)c2)n1. The zero-order valence-electron chi connectivity index (χ0n) is 12.1. The lowest BCUT2D eigenvalue weighted by Gasteiger charge is -2.13. The van der Waals surface area contributed by atoms with Gasteiger partial charge in [-0.1, -0.05) is 13.0 Å². The Kier molecular flexibility index (Phi) is 4.76. The summed E-state index contributed by atoms with van der Waals surface area (Å²) in [7, 11) is 1.65. The average Bonchev–Trinajstić information content (AvgIpc) is 2.47. The molecule has 0 bridgehead atoms. The second-order valence-electron chi connectivity index (χ2n) is 4.58. The van der Waals surface area contributed by atoms with Gasteiger partial charge in [-0.3, -0.25) is 0 Å². The van der Waals surface area contributed by atoms with Crippen molar-refractivity contribution in [2.75, 3.05) is 17.7 Å². The summed E-state index contributed by atoms with van der Waals surface area (Å²) >= 11 is 0. The second kappa shape index (κ2) is 6.75. The molecule has 0 aliphatic heterocycles. The smallest absolute Gasteiger partial charge is 0.229 e. The van der Waals surface area contributed by atoms with Gasteiger partial charge in [-0.25, -0.2) is 4.98 Å². The van der Waals surface area contributed by atoms with Gasteiger partial charge in [0.15, 0.2) is 0 Å². The van der Waals surface area contributed by atoms with Crippen molar-refractivity contribution < 1.29 is 4.74 Å². The van der Waals surface area contributed by atoms with Crippen molar-refractivity contribution in [3.8, 4) is 5.75 Å². The maximum Gasteiger partial charge on any atom is 0.229 e. The summed E-state index contributed by atoms with van der Waals surface area (Å²) in [6, 6.07) is 9.91. The van der Waals surface area contributed by atoms with E-state index >= 15 is 0 Å². The Labute approximate surface area is 119 Å². The molecular formula is C15H20N4O. The van der Waals surface area contributed by atoms with Gasteiger partial charge < -0.3 is 15.4 Å². The van der Waals surface area contributed by atoms with E-state index in [1.54, 1.807) is 13.3 Å². The van der Waals surface area contributed by atoms with Crippen LogP contribution in [0.25, 0.3) is 0 Å². The molecule has 20 heavy (non-hydrogen) atoms. The Bertz CT molecular complexity index is 559. The lowest BCUT2D eigenvalue weighted by Crippen LogP contribution is -2.14. The quantitative estimate of drug-likeness (QED) is 0.843. The van der Waals surface area contributed by atoms with Gasteiger partial charge in [-0.15, -0.1) is 0 Å². The maximum atomic E-state index is 5.19. The fourth-order valence-electron chi connectivity index (χ4n) is 1.68. The number of hydrogen-bond acceptors (Lipinski definition) is 5. The largest absolute Gasteiger partial charge is 0.497 e. The zero-order valence-corrected chi connectivity index (χ0v) is 12.1. The highest BCUT2D eigenvalue weighted by atomic mass is 16.5. The van der Waals surface area contributed by atoms with Gasteiger partial charge in [0.2, 0.25) is 5.95 Å². The minimum absolute atomic E-state index is 0.384. The van der Waals surface area contributed by atoms with E-state index in [2.05, 4.69) is 34.4 Å². The molecule has 2 N–H and O–H groups in total. The molecule has 1 atom stereocenters. The number of ether oxygens (including phenoxy) is 1. The van der Waals surface area contributed by atoms with E-state index in [0.717, 1.165) is 23.7 Å². The molecule has 0 saturated heterocycles. The van der Waals surface area contributed by atoms with Crippen LogP contribution in [0.15, 0.2) is 36.5 Å². The molecule has 0 radical (unpaired) electrons. The molecule has 0 aliphatic rings. The topological polar surface area (TPSA) is 59.1 Å². The van der Waals surface area contributed by atoms with Gasteiger partial charge in [-0.05, 0) is 31.5 Å². The molecule has 1 heterocycles. The zero-order chi connectivity index (χ0) is 14.4. The van der Waals surface area contributed by atoms with Crippen molar-refractivity contribution in [3.63, 3.8) is 0 Å². The number of rotatable bonds is 6. The van der Waals surface area contributed by atoms with Crippen LogP contribution in [0.4, 0.5) is 17.5 Å². The molecule has 2 rings (SSSR count). The predicted molar refractivity (Wildman–Crippen MR) is 81.7 cm³/mol. The maximum absolute atomic E-state index is 5.19. The van der Waals surface area contributed by atoms with Crippen molar-refractivity contribution >= 4 is 17.5 Å². The van der Waals surface area contributed by atoms with Crippen LogP contribution in [-0.2, 0) is 0 Å². The van der Waals surface area contributed by atoms with E-state index in [-0.39, 0.29) is 0 Å². The molecule has 5 nitrogen and oxygen atoms in total. The second-order valence-corrected chi connectivity index (χ2v) is 4.58. The summed E-state index contributed by atoms with van der Waals surface area (Å²) in [6.45, 7) is 4.26. The van der Waals surface area contributed by atoms with Crippen LogP contribution < -0.4 is 15.4 Å². The van der Waals surface area contributed by atoms with Gasteiger partial charge in [0.25, 0.3) is 0 Å². The monoisotopic (exact) mass is 272 g/mol. The number of methoxy groups -OCH3 is 1. The molecule has 5 heteroatoms. The van der Waals surface area contributed by atoms with Crippen molar-refractivity contribution in [2.24, 2.45) is 0 Å². The van der Waals surface area contributed by atoms with E-state index in [0.29, 0.717) is 12.0 Å². The van der Waals surface area contributed by atoms with E-state index in [1.807, 2.05) is 30.3 Å². The Morgan fingerprint density at radius 2 is 2.15 bits per heavy atom. The van der Waals surface area contributed by atoms with Crippen molar-refractivity contribution in [3.05, 3.63) is 36.5 Å². The summed E-state index contributed by atoms with van der Waals surface area (Å²) in [6.07, 6.45) is 2.78. The van der Waals surface area contributed by atoms with Crippen LogP contribution in [-0.4, -0.2) is 23.1 Å². The van der Waals surface area contributed by atoms with Gasteiger partial charge >= 0.3 is 0 Å². The van der Waals surface area contributed by atoms with Gasteiger partial charge in [-0.2, -0.15) is 4.98 Å². The van der Waals surface area contributed by atoms with Gasteiger partial charge in [0, 0.05) is 24.0 Å². The van der Waals surface area contributed by atoms with E-state index in [4.69, 9.17) is 4.74 Å². The first-order valence-electron chi connectivity index (χ1n) is 6.72. The van der Waals surface area contributed by atoms with Crippen molar-refractivity contribution in [1.82, 2.24) is 9.97 Å². The van der Waals surface area contributed by atoms with E-state index < -0.39 is 0 Å². The molecule has 1 aromatic carbocycles. The fourth-order valence-corrected chi connectivity index (χ4v) is 1.68. The number of hydrogen-bond donors (Lipinski definition) is 2. The van der Waals surface area contributed by atoms with Crippen molar-refractivity contribution in [2.45, 2.75) is 26.3 Å². The molecule has 0 saturated carbocycles. The third kappa shape index (κ3) is 3.85. The lowest BCUT2D eigenvalue weighted by atomic mass is 10.2. The summed E-state index contributed by atoms with van der Waals surface area (Å²) in [4.78, 5) is 8.66. The minimum Gasteiger partial charge on any atom is -0.497 e. The Hall–Kier alpha value is -2.30. The molecule has 0 spiro atoms. The fraction of sp³-hybridized carbons (Fsp3) is 0.333. The summed E-state index contributed by atoms with van der Waals surface area (Å²) < 4.78 is 5.19. The van der Waals surface area contributed by atoms with Crippen LogP contribution >= 0.6 is 0 Å². The van der Waals surface area contributed by atoms with Gasteiger partial charge in [0.1, 0.15) is 11.6 Å². The summed E-state index contributed by atoms with van der Waals surface area (Å²) in [5.74, 6) is 2.18. The molecule has 2 aromatic rings. The minimum atomic E-state index is 0.384. The molecular weight excluding hydrogens is 252 g/mol. The van der Waals surface area contributed by atoms with Crippen LogP contribution in [0, 0.1) is 0 Å². The molecule has 0 aliphatic carbocycles. The number of aromatic nitrogens is 2. The third-order valence-corrected chi connectivity index (χ3v) is 2.99. The number of benzene rings is 1. The first kappa shape index (κ1) is 14.1. The first-order chi connectivity index (χ1) is 9.71. The summed E-state index contributed by atoms with van der Waals surface area (Å²) in [5, 5.41) is 6.49. The molecule has 106 valence electrons. The highest BCUT2D eigenvalue weighted by Crippen LogP contribution is 2.20. The van der Waals surface area contributed by atoms with Crippen molar-refractivity contribution in [1.29, 1.82) is 0 Å². The normalized spacial score (nSPS) is 11.8. The van der Waals surface area contributed by atoms with E-state index in [1.165, 1.54) is 0 Å². The molecule has 0 amide bonds. The molecule has 1 unspecified atom stereocenters. The average molecular weight is 272 g/mol.